The first-order chi connectivity index (χ1) is 17.9. The topological polar surface area (TPSA) is 94.4 Å². The molecule has 1 fully saturated rings. The molecule has 37 heavy (non-hydrogen) atoms. The Balaban J connectivity index is 1.44. The lowest BCUT2D eigenvalue weighted by Crippen LogP contribution is -2.38. The number of carbonyl (C=O) groups is 1. The van der Waals surface area contributed by atoms with Gasteiger partial charge in [-0.05, 0) is 76.9 Å². The van der Waals surface area contributed by atoms with Gasteiger partial charge in [-0.1, -0.05) is 6.92 Å². The second-order valence-electron chi connectivity index (χ2n) is 10.3. The number of carbonyl (C=O) groups excluding carboxylic acids is 1. The van der Waals surface area contributed by atoms with Gasteiger partial charge in [-0.25, -0.2) is 4.98 Å². The van der Waals surface area contributed by atoms with Crippen LogP contribution in [-0.4, -0.2) is 63.0 Å². The molecule has 3 aromatic heterocycles. The minimum Gasteiger partial charge on any atom is -0.474 e. The lowest BCUT2D eigenvalue weighted by molar-refractivity contribution is -0.143. The normalized spacial score (nSPS) is 21.4. The number of hydrogen-bond donors (Lipinski definition) is 1. The van der Waals surface area contributed by atoms with Crippen LogP contribution in [-0.2, 0) is 23.0 Å². The van der Waals surface area contributed by atoms with Gasteiger partial charge in [0.1, 0.15) is 10.9 Å². The predicted molar refractivity (Wildman–Crippen MR) is 146 cm³/mol. The summed E-state index contributed by atoms with van der Waals surface area (Å²) >= 11 is 1.70. The van der Waals surface area contributed by atoms with Crippen molar-refractivity contribution in [2.24, 2.45) is 7.05 Å². The number of thiophene rings is 1. The van der Waals surface area contributed by atoms with E-state index in [1.54, 1.807) is 22.2 Å². The molecule has 3 aromatic rings. The zero-order chi connectivity index (χ0) is 25.9. The summed E-state index contributed by atoms with van der Waals surface area (Å²) in [5.41, 5.74) is 2.02. The molecule has 1 N–H and O–H groups in total. The highest BCUT2D eigenvalue weighted by atomic mass is 32.1. The summed E-state index contributed by atoms with van der Waals surface area (Å²) < 4.78 is 13.7. The minimum atomic E-state index is -0.146. The average Bonchev–Trinajstić information content (AvgIpc) is 3.56. The van der Waals surface area contributed by atoms with Gasteiger partial charge in [0.05, 0.1) is 30.3 Å². The van der Waals surface area contributed by atoms with E-state index in [4.69, 9.17) is 19.4 Å². The molecular weight excluding hydrogens is 488 g/mol. The number of aromatic nitrogens is 4. The molecule has 0 spiro atoms. The van der Waals surface area contributed by atoms with Crippen molar-refractivity contribution in [2.75, 3.05) is 25.5 Å². The molecule has 1 atom stereocenters. The van der Waals surface area contributed by atoms with Crippen molar-refractivity contribution < 1.29 is 14.3 Å². The van der Waals surface area contributed by atoms with E-state index in [2.05, 4.69) is 29.3 Å². The van der Waals surface area contributed by atoms with Gasteiger partial charge in [0.25, 0.3) is 0 Å². The molecule has 10 heteroatoms. The molecule has 2 aliphatic rings. The maximum atomic E-state index is 12.4. The smallest absolute Gasteiger partial charge is 0.306 e. The van der Waals surface area contributed by atoms with E-state index in [1.165, 1.54) is 16.9 Å². The predicted octanol–water partition coefficient (Wildman–Crippen LogP) is 5.18. The molecule has 2 aliphatic carbocycles. The lowest BCUT2D eigenvalue weighted by Gasteiger charge is -2.34. The Hall–Kier alpha value is -2.72. The second kappa shape index (κ2) is 11.3. The van der Waals surface area contributed by atoms with Crippen LogP contribution in [0.5, 0.6) is 5.88 Å². The van der Waals surface area contributed by atoms with Gasteiger partial charge in [-0.3, -0.25) is 9.48 Å². The number of fused-ring (bicyclic) bond motifs is 3. The average molecular weight is 527 g/mol. The first-order valence-corrected chi connectivity index (χ1v) is 14.4. The van der Waals surface area contributed by atoms with Crippen LogP contribution >= 0.6 is 11.3 Å². The van der Waals surface area contributed by atoms with Gasteiger partial charge in [-0.15, -0.1) is 11.3 Å². The van der Waals surface area contributed by atoms with Gasteiger partial charge in [0.15, 0.2) is 0 Å². The highest BCUT2D eigenvalue weighted by Crippen LogP contribution is 2.48. The molecular formula is C27H38N6O3S. The van der Waals surface area contributed by atoms with E-state index in [9.17, 15) is 4.79 Å². The molecule has 0 amide bonds. The van der Waals surface area contributed by atoms with Gasteiger partial charge >= 0.3 is 5.97 Å². The third kappa shape index (κ3) is 5.75. The number of aryl methyl sites for hydroxylation is 2. The standard InChI is InChI=1S/C27H38N6O3S/c1-5-13-32(3)19-8-10-20(11-9-19)36-25-24-23-17(14-22(34)35-6-2)7-12-21(23)37-26(24)31-27(30-25)29-18-15-28-33(4)16-18/h15-17,19-20H,5-14H2,1-4H3,(H,29,30,31)/t17-,19-,20-/m1/s1. The number of nitrogens with zero attached hydrogens (tertiary/aromatic N) is 5. The zero-order valence-electron chi connectivity index (χ0n) is 22.3. The van der Waals surface area contributed by atoms with E-state index >= 15 is 0 Å². The third-order valence-corrected chi connectivity index (χ3v) is 8.72. The van der Waals surface area contributed by atoms with Gasteiger partial charge < -0.3 is 19.7 Å². The molecule has 0 radical (unpaired) electrons. The Kier molecular flexibility index (Phi) is 7.95. The van der Waals surface area contributed by atoms with E-state index in [0.29, 0.717) is 30.9 Å². The minimum absolute atomic E-state index is 0.115. The summed E-state index contributed by atoms with van der Waals surface area (Å²) in [7, 11) is 4.11. The second-order valence-corrected chi connectivity index (χ2v) is 11.4. The highest BCUT2D eigenvalue weighted by molar-refractivity contribution is 7.19. The lowest BCUT2D eigenvalue weighted by atomic mass is 9.92. The summed E-state index contributed by atoms with van der Waals surface area (Å²) in [6.07, 6.45) is 11.5. The molecule has 0 saturated heterocycles. The number of esters is 1. The Bertz CT molecular complexity index is 1230. The molecule has 9 nitrogen and oxygen atoms in total. The zero-order valence-corrected chi connectivity index (χ0v) is 23.1. The molecule has 0 bridgehead atoms. The molecule has 3 heterocycles. The van der Waals surface area contributed by atoms with Crippen molar-refractivity contribution in [1.82, 2.24) is 24.6 Å². The maximum absolute atomic E-state index is 12.4. The van der Waals surface area contributed by atoms with Crippen LogP contribution in [0, 0.1) is 0 Å². The van der Waals surface area contributed by atoms with Gasteiger partial charge in [0, 0.05) is 24.2 Å². The van der Waals surface area contributed by atoms with Crippen LogP contribution in [0.3, 0.4) is 0 Å². The monoisotopic (exact) mass is 526 g/mol. The van der Waals surface area contributed by atoms with Crippen molar-refractivity contribution in [3.05, 3.63) is 22.8 Å². The number of anilines is 2. The van der Waals surface area contributed by atoms with Crippen LogP contribution in [0.2, 0.25) is 0 Å². The van der Waals surface area contributed by atoms with Crippen molar-refractivity contribution in [2.45, 2.75) is 83.3 Å². The van der Waals surface area contributed by atoms with E-state index < -0.39 is 0 Å². The van der Waals surface area contributed by atoms with E-state index in [1.807, 2.05) is 20.2 Å². The van der Waals surface area contributed by atoms with Crippen molar-refractivity contribution in [1.29, 1.82) is 0 Å². The number of hydrogen-bond acceptors (Lipinski definition) is 9. The van der Waals surface area contributed by atoms with E-state index in [0.717, 1.165) is 61.0 Å². The third-order valence-electron chi connectivity index (χ3n) is 7.56. The molecule has 0 unspecified atom stereocenters. The Morgan fingerprint density at radius 3 is 2.73 bits per heavy atom. The first-order valence-electron chi connectivity index (χ1n) is 13.6. The van der Waals surface area contributed by atoms with Gasteiger partial charge in [-0.2, -0.15) is 10.1 Å². The Labute approximate surface area is 222 Å². The Morgan fingerprint density at radius 2 is 2.03 bits per heavy atom. The summed E-state index contributed by atoms with van der Waals surface area (Å²) in [4.78, 5) is 26.8. The van der Waals surface area contributed by atoms with Gasteiger partial charge in [0.2, 0.25) is 11.8 Å². The van der Waals surface area contributed by atoms with E-state index in [-0.39, 0.29) is 18.0 Å². The number of nitrogens with one attached hydrogen (secondary N) is 1. The van der Waals surface area contributed by atoms with Crippen LogP contribution in [0.25, 0.3) is 10.2 Å². The molecule has 0 aromatic carbocycles. The van der Waals surface area contributed by atoms with Crippen LogP contribution in [0.4, 0.5) is 11.6 Å². The molecule has 200 valence electrons. The largest absolute Gasteiger partial charge is 0.474 e. The van der Waals surface area contributed by atoms with Crippen molar-refractivity contribution >= 4 is 39.2 Å². The highest BCUT2D eigenvalue weighted by Gasteiger charge is 2.33. The first kappa shape index (κ1) is 25.9. The van der Waals surface area contributed by atoms with Crippen LogP contribution < -0.4 is 10.1 Å². The number of rotatable bonds is 10. The SMILES string of the molecule is CCCN(C)[C@H]1CC[C@H](Oc2nc(Nc3cnn(C)c3)nc3sc4c(c23)[C@@H](CC(=O)OCC)CC4)CC1. The summed E-state index contributed by atoms with van der Waals surface area (Å²) in [6, 6.07) is 0.618. The summed E-state index contributed by atoms with van der Waals surface area (Å²) in [5, 5.41) is 8.52. The maximum Gasteiger partial charge on any atom is 0.306 e. The fourth-order valence-electron chi connectivity index (χ4n) is 5.78. The fourth-order valence-corrected chi connectivity index (χ4v) is 7.04. The number of ether oxygens (including phenoxy) is 2. The Morgan fingerprint density at radius 1 is 1.22 bits per heavy atom. The van der Waals surface area contributed by atoms with Crippen LogP contribution in [0.15, 0.2) is 12.4 Å². The van der Waals surface area contributed by atoms with Crippen molar-refractivity contribution in [3.8, 4) is 5.88 Å². The molecule has 5 rings (SSSR count). The fraction of sp³-hybridized carbons (Fsp3) is 0.630. The summed E-state index contributed by atoms with van der Waals surface area (Å²) in [6.45, 7) is 5.62. The quantitative estimate of drug-likeness (QED) is 0.361. The van der Waals surface area contributed by atoms with Crippen LogP contribution in [0.1, 0.15) is 75.2 Å². The summed E-state index contributed by atoms with van der Waals surface area (Å²) in [5.74, 6) is 1.11. The van der Waals surface area contributed by atoms with Crippen molar-refractivity contribution in [3.63, 3.8) is 0 Å². The molecule has 1 saturated carbocycles. The molecule has 0 aliphatic heterocycles.